The van der Waals surface area contributed by atoms with Crippen molar-refractivity contribution in [3.8, 4) is 0 Å². The molecule has 0 atom stereocenters. The largest absolute Gasteiger partial charge is 0.351 e. The number of carbonyl (C=O) groups is 1. The number of primary sulfonamides is 1. The van der Waals surface area contributed by atoms with E-state index in [4.69, 9.17) is 5.14 Å². The number of sulfonamides is 1. The van der Waals surface area contributed by atoms with Crippen LogP contribution < -0.4 is 10.5 Å². The van der Waals surface area contributed by atoms with Crippen molar-refractivity contribution in [2.24, 2.45) is 11.1 Å². The van der Waals surface area contributed by atoms with E-state index in [1.165, 1.54) is 6.07 Å². The van der Waals surface area contributed by atoms with Crippen molar-refractivity contribution in [1.82, 2.24) is 5.32 Å². The highest BCUT2D eigenvalue weighted by Gasteiger charge is 2.22. The molecule has 1 heterocycles. The number of nitrogens with one attached hydrogen (secondary N) is 1. The molecule has 0 aliphatic heterocycles. The predicted molar refractivity (Wildman–Crippen MR) is 69.5 cm³/mol. The molecule has 7 heteroatoms. The fraction of sp³-hybridized carbons (Fsp3) is 0.545. The Morgan fingerprint density at radius 1 is 1.39 bits per heavy atom. The highest BCUT2D eigenvalue weighted by Crippen LogP contribution is 2.25. The van der Waals surface area contributed by atoms with E-state index in [1.54, 1.807) is 6.07 Å². The fourth-order valence-corrected chi connectivity index (χ4v) is 3.83. The van der Waals surface area contributed by atoms with Gasteiger partial charge in [-0.15, -0.1) is 11.3 Å². The van der Waals surface area contributed by atoms with E-state index in [-0.39, 0.29) is 16.0 Å². The average molecular weight is 288 g/mol. The Hall–Kier alpha value is -0.920. The number of carbonyl (C=O) groups excluding carboxylic acids is 1. The molecule has 1 aromatic heterocycles. The number of nitrogens with two attached hydrogens (primary N) is 1. The second kappa shape index (κ2) is 5.38. The molecule has 1 aliphatic rings. The van der Waals surface area contributed by atoms with Crippen LogP contribution in [-0.2, 0) is 21.4 Å². The molecule has 1 fully saturated rings. The highest BCUT2D eigenvalue weighted by molar-refractivity contribution is 7.91. The summed E-state index contributed by atoms with van der Waals surface area (Å²) in [4.78, 5) is 12.6. The molecule has 2 rings (SSSR count). The van der Waals surface area contributed by atoms with Gasteiger partial charge >= 0.3 is 0 Å². The molecular weight excluding hydrogens is 272 g/mol. The van der Waals surface area contributed by atoms with Gasteiger partial charge in [0.1, 0.15) is 4.21 Å². The van der Waals surface area contributed by atoms with Crippen LogP contribution in [0.25, 0.3) is 0 Å². The van der Waals surface area contributed by atoms with E-state index in [0.29, 0.717) is 6.54 Å². The maximum atomic E-state index is 11.8. The lowest BCUT2D eigenvalue weighted by Crippen LogP contribution is -2.28. The fourth-order valence-electron chi connectivity index (χ4n) is 2.11. The Balaban J connectivity index is 1.90. The number of hydrogen-bond acceptors (Lipinski definition) is 4. The topological polar surface area (TPSA) is 89.3 Å². The molecular formula is C11H16N2O3S2. The normalized spacial score (nSPS) is 16.9. The summed E-state index contributed by atoms with van der Waals surface area (Å²) in [6.07, 6.45) is 4.15. The molecule has 1 amide bonds. The highest BCUT2D eigenvalue weighted by atomic mass is 32.2. The van der Waals surface area contributed by atoms with Crippen LogP contribution in [0, 0.1) is 5.92 Å². The second-order valence-corrected chi connectivity index (χ2v) is 7.42. The molecule has 100 valence electrons. The average Bonchev–Trinajstić information content (AvgIpc) is 2.96. The minimum absolute atomic E-state index is 0.0676. The number of thiophene rings is 1. The van der Waals surface area contributed by atoms with Gasteiger partial charge in [0.2, 0.25) is 15.9 Å². The van der Waals surface area contributed by atoms with Gasteiger partial charge in [0.15, 0.2) is 0 Å². The Labute approximate surface area is 110 Å². The Morgan fingerprint density at radius 2 is 2.06 bits per heavy atom. The third-order valence-electron chi connectivity index (χ3n) is 3.08. The van der Waals surface area contributed by atoms with Crippen LogP contribution in [0.15, 0.2) is 16.3 Å². The van der Waals surface area contributed by atoms with Gasteiger partial charge in [-0.05, 0) is 25.0 Å². The van der Waals surface area contributed by atoms with E-state index >= 15 is 0 Å². The smallest absolute Gasteiger partial charge is 0.247 e. The summed E-state index contributed by atoms with van der Waals surface area (Å²) < 4.78 is 22.3. The lowest BCUT2D eigenvalue weighted by atomic mass is 10.1. The maximum absolute atomic E-state index is 11.8. The van der Waals surface area contributed by atoms with Gasteiger partial charge in [-0.3, -0.25) is 4.79 Å². The van der Waals surface area contributed by atoms with Crippen LogP contribution in [0.2, 0.25) is 0 Å². The molecule has 1 aromatic rings. The minimum Gasteiger partial charge on any atom is -0.351 e. The summed E-state index contributed by atoms with van der Waals surface area (Å²) in [6.45, 7) is 0.371. The van der Waals surface area contributed by atoms with Crippen molar-refractivity contribution in [1.29, 1.82) is 0 Å². The van der Waals surface area contributed by atoms with Crippen LogP contribution in [0.4, 0.5) is 0 Å². The van der Waals surface area contributed by atoms with Crippen molar-refractivity contribution >= 4 is 27.3 Å². The van der Waals surface area contributed by atoms with Crippen LogP contribution in [0.3, 0.4) is 0 Å². The van der Waals surface area contributed by atoms with Gasteiger partial charge in [0.25, 0.3) is 0 Å². The van der Waals surface area contributed by atoms with Gasteiger partial charge in [-0.25, -0.2) is 13.6 Å². The molecule has 18 heavy (non-hydrogen) atoms. The number of amides is 1. The molecule has 0 saturated heterocycles. The van der Waals surface area contributed by atoms with Crippen molar-refractivity contribution in [3.63, 3.8) is 0 Å². The molecule has 0 radical (unpaired) electrons. The summed E-state index contributed by atoms with van der Waals surface area (Å²) in [5.41, 5.74) is 0. The number of rotatable bonds is 4. The first-order valence-electron chi connectivity index (χ1n) is 5.86. The van der Waals surface area contributed by atoms with E-state index < -0.39 is 10.0 Å². The molecule has 3 N–H and O–H groups in total. The van der Waals surface area contributed by atoms with Gasteiger partial charge < -0.3 is 5.32 Å². The summed E-state index contributed by atoms with van der Waals surface area (Å²) in [5, 5.41) is 7.86. The molecule has 0 aromatic carbocycles. The monoisotopic (exact) mass is 288 g/mol. The van der Waals surface area contributed by atoms with Crippen molar-refractivity contribution in [3.05, 3.63) is 17.0 Å². The Bertz CT molecular complexity index is 530. The van der Waals surface area contributed by atoms with Crippen molar-refractivity contribution < 1.29 is 13.2 Å². The third-order valence-corrected chi connectivity index (χ3v) is 5.60. The van der Waals surface area contributed by atoms with E-state index in [1.807, 2.05) is 0 Å². The summed E-state index contributed by atoms with van der Waals surface area (Å²) in [6, 6.07) is 3.15. The van der Waals surface area contributed by atoms with Crippen LogP contribution in [-0.4, -0.2) is 14.3 Å². The minimum atomic E-state index is -3.63. The summed E-state index contributed by atoms with van der Waals surface area (Å²) in [5.74, 6) is 0.195. The molecule has 5 nitrogen and oxygen atoms in total. The number of hydrogen-bond donors (Lipinski definition) is 2. The quantitative estimate of drug-likeness (QED) is 0.872. The lowest BCUT2D eigenvalue weighted by Gasteiger charge is -2.08. The molecule has 0 unspecified atom stereocenters. The third kappa shape index (κ3) is 3.30. The second-order valence-electron chi connectivity index (χ2n) is 4.46. The first-order valence-corrected chi connectivity index (χ1v) is 8.22. The SMILES string of the molecule is NS(=O)(=O)c1ccc(CNC(=O)C2CCCC2)s1. The summed E-state index contributed by atoms with van der Waals surface area (Å²) in [7, 11) is -3.63. The zero-order valence-electron chi connectivity index (χ0n) is 9.89. The van der Waals surface area contributed by atoms with Gasteiger partial charge in [0, 0.05) is 10.8 Å². The molecule has 1 saturated carbocycles. The standard InChI is InChI=1S/C11H16N2O3S2/c12-18(15,16)10-6-5-9(17-10)7-13-11(14)8-3-1-2-4-8/h5-6,8H,1-4,7H2,(H,13,14)(H2,12,15,16). The maximum Gasteiger partial charge on any atom is 0.247 e. The first kappa shape index (κ1) is 13.5. The van der Waals surface area contributed by atoms with Crippen molar-refractivity contribution in [2.45, 2.75) is 36.4 Å². The zero-order valence-corrected chi connectivity index (χ0v) is 11.5. The molecule has 1 aliphatic carbocycles. The van der Waals surface area contributed by atoms with E-state index in [9.17, 15) is 13.2 Å². The molecule has 0 spiro atoms. The lowest BCUT2D eigenvalue weighted by molar-refractivity contribution is -0.124. The van der Waals surface area contributed by atoms with Crippen molar-refractivity contribution in [2.75, 3.05) is 0 Å². The van der Waals surface area contributed by atoms with Gasteiger partial charge in [0.05, 0.1) is 6.54 Å². The van der Waals surface area contributed by atoms with Gasteiger partial charge in [-0.1, -0.05) is 12.8 Å². The Kier molecular flexibility index (Phi) is 4.04. The van der Waals surface area contributed by atoms with Gasteiger partial charge in [-0.2, -0.15) is 0 Å². The van der Waals surface area contributed by atoms with Crippen LogP contribution >= 0.6 is 11.3 Å². The van der Waals surface area contributed by atoms with E-state index in [2.05, 4.69) is 5.32 Å². The Morgan fingerprint density at radius 3 is 2.61 bits per heavy atom. The first-order chi connectivity index (χ1) is 8.47. The summed E-state index contributed by atoms with van der Waals surface area (Å²) >= 11 is 1.10. The van der Waals surface area contributed by atoms with E-state index in [0.717, 1.165) is 41.9 Å². The van der Waals surface area contributed by atoms with Crippen LogP contribution in [0.1, 0.15) is 30.6 Å². The molecule has 0 bridgehead atoms. The predicted octanol–water partition coefficient (Wildman–Crippen LogP) is 1.20. The van der Waals surface area contributed by atoms with Crippen LogP contribution in [0.5, 0.6) is 0 Å². The zero-order chi connectivity index (χ0) is 13.2.